The third-order valence-electron chi connectivity index (χ3n) is 8.47. The number of hydrogen-bond acceptors (Lipinski definition) is 4. The molecule has 0 saturated carbocycles. The van der Waals surface area contributed by atoms with E-state index in [2.05, 4.69) is 115 Å². The number of benzene rings is 6. The van der Waals surface area contributed by atoms with Gasteiger partial charge in [-0.1, -0.05) is 109 Å². The fourth-order valence-corrected chi connectivity index (χ4v) is 7.80. The fraction of sp³-hybridized carbons (Fsp3) is 0.0250. The van der Waals surface area contributed by atoms with Crippen molar-refractivity contribution in [3.8, 4) is 39.9 Å². The van der Waals surface area contributed by atoms with Gasteiger partial charge in [0.15, 0.2) is 17.5 Å². The van der Waals surface area contributed by atoms with Crippen LogP contribution in [-0.2, 0) is 0 Å². The Hall–Kier alpha value is -5.65. The van der Waals surface area contributed by atoms with E-state index in [0.29, 0.717) is 17.5 Å². The number of nitrogens with zero attached hydrogens (tertiary/aromatic N) is 4. The highest BCUT2D eigenvalue weighted by Crippen LogP contribution is 2.46. The highest BCUT2D eigenvalue weighted by molar-refractivity contribution is 7.27. The lowest BCUT2D eigenvalue weighted by Crippen LogP contribution is -2.00. The van der Waals surface area contributed by atoms with E-state index in [-0.39, 0.29) is 0 Å². The molecule has 212 valence electrons. The Morgan fingerprint density at radius 2 is 1.07 bits per heavy atom. The molecule has 9 aromatic rings. The molecule has 0 bridgehead atoms. The first-order chi connectivity index (χ1) is 22.2. The van der Waals surface area contributed by atoms with Crippen LogP contribution in [0.1, 0.15) is 5.56 Å². The summed E-state index contributed by atoms with van der Waals surface area (Å²) in [4.78, 5) is 15.1. The zero-order valence-corrected chi connectivity index (χ0v) is 25.3. The van der Waals surface area contributed by atoms with Crippen LogP contribution in [0.4, 0.5) is 0 Å². The lowest BCUT2D eigenvalue weighted by molar-refractivity contribution is 1.08. The second-order valence-electron chi connectivity index (χ2n) is 11.4. The van der Waals surface area contributed by atoms with E-state index in [1.807, 2.05) is 47.7 Å². The zero-order valence-electron chi connectivity index (χ0n) is 24.5. The van der Waals surface area contributed by atoms with Crippen molar-refractivity contribution in [3.63, 3.8) is 0 Å². The predicted molar refractivity (Wildman–Crippen MR) is 188 cm³/mol. The van der Waals surface area contributed by atoms with Crippen LogP contribution in [0.2, 0.25) is 0 Å². The third kappa shape index (κ3) is 4.16. The second kappa shape index (κ2) is 10.2. The summed E-state index contributed by atoms with van der Waals surface area (Å²) in [6, 6.07) is 48.8. The zero-order chi connectivity index (χ0) is 29.9. The molecule has 6 aromatic carbocycles. The molecule has 3 heterocycles. The molecule has 3 aromatic heterocycles. The van der Waals surface area contributed by atoms with E-state index in [4.69, 9.17) is 15.0 Å². The Labute approximate surface area is 263 Å². The van der Waals surface area contributed by atoms with Crippen LogP contribution in [-0.4, -0.2) is 19.5 Å². The van der Waals surface area contributed by atoms with Gasteiger partial charge in [-0.3, -0.25) is 0 Å². The SMILES string of the molecule is Cc1cc(-c2nc(-c3ccccc3)nc(-c3ccccc3)n2)c2sc3c(ccc4c5ccccc5n(-c5ccccc5)c43)c2c1. The maximum atomic E-state index is 5.10. The van der Waals surface area contributed by atoms with Gasteiger partial charge in [-0.05, 0) is 42.8 Å². The minimum atomic E-state index is 0.668. The van der Waals surface area contributed by atoms with Crippen molar-refractivity contribution in [2.24, 2.45) is 0 Å². The van der Waals surface area contributed by atoms with Crippen LogP contribution in [0.15, 0.2) is 140 Å². The maximum absolute atomic E-state index is 5.10. The normalized spacial score (nSPS) is 11.7. The summed E-state index contributed by atoms with van der Waals surface area (Å²) in [5, 5.41) is 4.97. The van der Waals surface area contributed by atoms with Gasteiger partial charge in [0.05, 0.1) is 15.7 Å². The highest BCUT2D eigenvalue weighted by Gasteiger charge is 2.21. The molecular weight excluding hydrogens is 569 g/mol. The first-order valence-electron chi connectivity index (χ1n) is 15.0. The Bertz CT molecular complexity index is 2470. The lowest BCUT2D eigenvalue weighted by Gasteiger charge is -2.10. The molecule has 0 radical (unpaired) electrons. The van der Waals surface area contributed by atoms with Crippen molar-refractivity contribution >= 4 is 53.3 Å². The smallest absolute Gasteiger partial charge is 0.165 e. The van der Waals surface area contributed by atoms with Gasteiger partial charge >= 0.3 is 0 Å². The second-order valence-corrected chi connectivity index (χ2v) is 12.4. The molecule has 0 aliphatic rings. The molecular formula is C40H26N4S. The van der Waals surface area contributed by atoms with E-state index >= 15 is 0 Å². The van der Waals surface area contributed by atoms with Crippen molar-refractivity contribution < 1.29 is 0 Å². The number of para-hydroxylation sites is 2. The van der Waals surface area contributed by atoms with Gasteiger partial charge in [-0.2, -0.15) is 0 Å². The standard InChI is InChI=1S/C40H26N4S/c1-25-23-32-31-22-21-30-29-19-11-12-20-34(29)44(28-17-9-4-10-18-28)35(30)37(31)45-36(32)33(24-25)40-42-38(26-13-5-2-6-14-26)41-39(43-40)27-15-7-3-8-16-27/h2-24H,1H3. The van der Waals surface area contributed by atoms with E-state index in [1.165, 1.54) is 47.5 Å². The van der Waals surface area contributed by atoms with Crippen LogP contribution in [0.5, 0.6) is 0 Å². The van der Waals surface area contributed by atoms with E-state index < -0.39 is 0 Å². The molecule has 9 rings (SSSR count). The maximum Gasteiger partial charge on any atom is 0.165 e. The quantitative estimate of drug-likeness (QED) is 0.204. The van der Waals surface area contributed by atoms with Gasteiger partial charge in [0.1, 0.15) is 0 Å². The van der Waals surface area contributed by atoms with Crippen molar-refractivity contribution in [2.45, 2.75) is 6.92 Å². The minimum absolute atomic E-state index is 0.668. The molecule has 0 N–H and O–H groups in total. The summed E-state index contributed by atoms with van der Waals surface area (Å²) in [5.74, 6) is 2.02. The predicted octanol–water partition coefficient (Wildman–Crippen LogP) is 10.6. The molecule has 5 heteroatoms. The van der Waals surface area contributed by atoms with Crippen molar-refractivity contribution in [1.29, 1.82) is 0 Å². The topological polar surface area (TPSA) is 43.6 Å². The Balaban J connectivity index is 1.37. The summed E-state index contributed by atoms with van der Waals surface area (Å²) in [7, 11) is 0. The van der Waals surface area contributed by atoms with Crippen LogP contribution >= 0.6 is 11.3 Å². The first kappa shape index (κ1) is 25.8. The molecule has 0 atom stereocenters. The van der Waals surface area contributed by atoms with Gasteiger partial charge in [0, 0.05) is 48.6 Å². The fourth-order valence-electron chi connectivity index (χ4n) is 6.47. The molecule has 0 saturated heterocycles. The highest BCUT2D eigenvalue weighted by atomic mass is 32.1. The number of thiophene rings is 1. The third-order valence-corrected chi connectivity index (χ3v) is 9.73. The Morgan fingerprint density at radius 1 is 0.489 bits per heavy atom. The van der Waals surface area contributed by atoms with E-state index in [0.717, 1.165) is 22.4 Å². The molecule has 4 nitrogen and oxygen atoms in total. The van der Waals surface area contributed by atoms with Gasteiger partial charge in [0.2, 0.25) is 0 Å². The van der Waals surface area contributed by atoms with Crippen molar-refractivity contribution in [1.82, 2.24) is 19.5 Å². The van der Waals surface area contributed by atoms with Crippen LogP contribution in [0.25, 0.3) is 81.8 Å². The Morgan fingerprint density at radius 3 is 1.76 bits per heavy atom. The monoisotopic (exact) mass is 594 g/mol. The number of hydrogen-bond donors (Lipinski definition) is 0. The Kier molecular flexibility index (Phi) is 5.86. The molecule has 0 unspecified atom stereocenters. The molecule has 45 heavy (non-hydrogen) atoms. The van der Waals surface area contributed by atoms with Gasteiger partial charge in [0.25, 0.3) is 0 Å². The molecule has 0 aliphatic heterocycles. The van der Waals surface area contributed by atoms with E-state index in [9.17, 15) is 0 Å². The first-order valence-corrected chi connectivity index (χ1v) is 15.9. The molecule has 0 amide bonds. The van der Waals surface area contributed by atoms with Crippen molar-refractivity contribution in [2.75, 3.05) is 0 Å². The van der Waals surface area contributed by atoms with Crippen LogP contribution < -0.4 is 0 Å². The number of aryl methyl sites for hydroxylation is 1. The molecule has 0 aliphatic carbocycles. The van der Waals surface area contributed by atoms with Crippen LogP contribution in [0.3, 0.4) is 0 Å². The average Bonchev–Trinajstić information content (AvgIpc) is 3.65. The summed E-state index contributed by atoms with van der Waals surface area (Å²) in [5.41, 5.74) is 7.72. The lowest BCUT2D eigenvalue weighted by atomic mass is 10.0. The summed E-state index contributed by atoms with van der Waals surface area (Å²) in [6.07, 6.45) is 0. The summed E-state index contributed by atoms with van der Waals surface area (Å²) in [6.45, 7) is 2.16. The summed E-state index contributed by atoms with van der Waals surface area (Å²) < 4.78 is 4.85. The minimum Gasteiger partial charge on any atom is -0.308 e. The van der Waals surface area contributed by atoms with Gasteiger partial charge in [-0.25, -0.2) is 15.0 Å². The van der Waals surface area contributed by atoms with Crippen LogP contribution in [0, 0.1) is 6.92 Å². The van der Waals surface area contributed by atoms with E-state index in [1.54, 1.807) is 0 Å². The summed E-state index contributed by atoms with van der Waals surface area (Å²) >= 11 is 1.83. The number of aromatic nitrogens is 4. The number of rotatable bonds is 4. The van der Waals surface area contributed by atoms with Gasteiger partial charge in [-0.15, -0.1) is 11.3 Å². The number of fused-ring (bicyclic) bond motifs is 7. The van der Waals surface area contributed by atoms with Gasteiger partial charge < -0.3 is 4.57 Å². The average molecular weight is 595 g/mol. The van der Waals surface area contributed by atoms with Crippen molar-refractivity contribution in [3.05, 3.63) is 145 Å². The molecule has 0 spiro atoms. The molecule has 0 fully saturated rings. The largest absolute Gasteiger partial charge is 0.308 e.